The average Bonchev–Trinajstić information content (AvgIpc) is 2.31. The van der Waals surface area contributed by atoms with Crippen LogP contribution < -0.4 is 5.32 Å². The number of rotatable bonds is 2. The predicted octanol–water partition coefficient (Wildman–Crippen LogP) is 2.38. The van der Waals surface area contributed by atoms with Crippen LogP contribution in [-0.2, 0) is 10.0 Å². The number of hydrogen-bond acceptors (Lipinski definition) is 3. The van der Waals surface area contributed by atoms with Gasteiger partial charge in [0, 0.05) is 29.6 Å². The van der Waals surface area contributed by atoms with Crippen LogP contribution in [0.4, 0.5) is 4.39 Å². The molecule has 1 aromatic carbocycles. The van der Waals surface area contributed by atoms with Crippen LogP contribution in [0.5, 0.6) is 0 Å². The zero-order chi connectivity index (χ0) is 14.2. The van der Waals surface area contributed by atoms with Gasteiger partial charge in [-0.2, -0.15) is 4.31 Å². The van der Waals surface area contributed by atoms with E-state index in [4.69, 9.17) is 0 Å². The zero-order valence-corrected chi connectivity index (χ0v) is 14.4. The van der Waals surface area contributed by atoms with Crippen LogP contribution in [0.1, 0.15) is 13.8 Å². The lowest BCUT2D eigenvalue weighted by Gasteiger charge is -2.36. The summed E-state index contributed by atoms with van der Waals surface area (Å²) in [6, 6.07) is 3.61. The molecule has 0 spiro atoms. The lowest BCUT2D eigenvalue weighted by atomic mass is 10.2. The number of nitrogens with zero attached hydrogens (tertiary/aromatic N) is 1. The second-order valence-electron chi connectivity index (χ2n) is 4.81. The first-order chi connectivity index (χ1) is 8.82. The number of sulfonamides is 1. The summed E-state index contributed by atoms with van der Waals surface area (Å²) in [5.74, 6) is -0.465. The molecule has 1 aliphatic heterocycles. The maximum Gasteiger partial charge on any atom is 0.244 e. The van der Waals surface area contributed by atoms with E-state index in [0.717, 1.165) is 6.07 Å². The first-order valence-electron chi connectivity index (χ1n) is 6.02. The molecule has 0 bridgehead atoms. The molecule has 0 saturated carbocycles. The topological polar surface area (TPSA) is 49.4 Å². The molecule has 2 atom stereocenters. The van der Waals surface area contributed by atoms with Gasteiger partial charge in [-0.1, -0.05) is 0 Å². The highest BCUT2D eigenvalue weighted by atomic mass is 79.9. The number of hydrogen-bond donors (Lipinski definition) is 1. The van der Waals surface area contributed by atoms with Crippen molar-refractivity contribution in [3.05, 3.63) is 28.5 Å². The maximum absolute atomic E-state index is 13.1. The van der Waals surface area contributed by atoms with Gasteiger partial charge in [0.05, 0.1) is 4.90 Å². The molecule has 1 aliphatic rings. The van der Waals surface area contributed by atoms with Crippen molar-refractivity contribution in [2.45, 2.75) is 30.8 Å². The number of halogens is 3. The van der Waals surface area contributed by atoms with E-state index in [-0.39, 0.29) is 33.9 Å². The third-order valence-corrected chi connectivity index (χ3v) is 6.14. The van der Waals surface area contributed by atoms with Crippen molar-refractivity contribution in [3.63, 3.8) is 0 Å². The summed E-state index contributed by atoms with van der Waals surface area (Å²) < 4.78 is 40.0. The van der Waals surface area contributed by atoms with E-state index in [2.05, 4.69) is 21.2 Å². The first-order valence-corrected chi connectivity index (χ1v) is 8.26. The van der Waals surface area contributed by atoms with E-state index in [1.807, 2.05) is 13.8 Å². The van der Waals surface area contributed by atoms with Crippen LogP contribution >= 0.6 is 28.3 Å². The van der Waals surface area contributed by atoms with E-state index in [1.54, 1.807) is 0 Å². The molecule has 1 aromatic rings. The fourth-order valence-corrected chi connectivity index (χ4v) is 4.86. The molecule has 4 nitrogen and oxygen atoms in total. The summed E-state index contributed by atoms with van der Waals surface area (Å²) >= 11 is 3.12. The second-order valence-corrected chi connectivity index (χ2v) is 7.52. The van der Waals surface area contributed by atoms with Crippen molar-refractivity contribution >= 4 is 38.4 Å². The summed E-state index contributed by atoms with van der Waals surface area (Å²) in [7, 11) is -3.61. The van der Waals surface area contributed by atoms with Gasteiger partial charge in [-0.25, -0.2) is 12.8 Å². The van der Waals surface area contributed by atoms with E-state index in [9.17, 15) is 12.8 Å². The molecule has 1 N–H and O–H groups in total. The fraction of sp³-hybridized carbons (Fsp3) is 0.500. The number of nitrogens with one attached hydrogen (secondary N) is 1. The van der Waals surface area contributed by atoms with Gasteiger partial charge in [0.25, 0.3) is 0 Å². The smallest absolute Gasteiger partial charge is 0.244 e. The summed E-state index contributed by atoms with van der Waals surface area (Å²) in [6.45, 7) is 4.81. The van der Waals surface area contributed by atoms with Crippen LogP contribution in [0.3, 0.4) is 0 Å². The van der Waals surface area contributed by atoms with Gasteiger partial charge in [0.2, 0.25) is 10.0 Å². The zero-order valence-electron chi connectivity index (χ0n) is 11.1. The molecular formula is C12H17BrClFN2O2S. The Kier molecular flexibility index (Phi) is 5.98. The Morgan fingerprint density at radius 2 is 2.05 bits per heavy atom. The van der Waals surface area contributed by atoms with Crippen LogP contribution in [-0.4, -0.2) is 37.9 Å². The molecular weight excluding hydrogens is 371 g/mol. The SMILES string of the molecule is CC1CN(S(=O)(=O)c2ccc(F)cc2Br)C(C)CN1.Cl. The molecule has 2 rings (SSSR count). The van der Waals surface area contributed by atoms with Crippen molar-refractivity contribution in [1.82, 2.24) is 9.62 Å². The van der Waals surface area contributed by atoms with Gasteiger partial charge >= 0.3 is 0 Å². The van der Waals surface area contributed by atoms with Crippen LogP contribution in [0, 0.1) is 5.82 Å². The Bertz CT molecular complexity index is 585. The molecule has 1 saturated heterocycles. The van der Waals surface area contributed by atoms with E-state index >= 15 is 0 Å². The molecule has 0 aliphatic carbocycles. The minimum Gasteiger partial charge on any atom is -0.311 e. The van der Waals surface area contributed by atoms with E-state index in [1.165, 1.54) is 16.4 Å². The monoisotopic (exact) mass is 386 g/mol. The summed E-state index contributed by atoms with van der Waals surface area (Å²) in [6.07, 6.45) is 0. The quantitative estimate of drug-likeness (QED) is 0.847. The van der Waals surface area contributed by atoms with Gasteiger partial charge in [0.15, 0.2) is 0 Å². The lowest BCUT2D eigenvalue weighted by Crippen LogP contribution is -2.56. The Balaban J connectivity index is 0.00000200. The summed E-state index contributed by atoms with van der Waals surface area (Å²) in [5, 5.41) is 3.23. The second kappa shape index (κ2) is 6.70. The van der Waals surface area contributed by atoms with Gasteiger partial charge in [-0.3, -0.25) is 0 Å². The Morgan fingerprint density at radius 3 is 2.65 bits per heavy atom. The molecule has 1 fully saturated rings. The Morgan fingerprint density at radius 1 is 1.40 bits per heavy atom. The third-order valence-electron chi connectivity index (χ3n) is 3.19. The van der Waals surface area contributed by atoms with Gasteiger partial charge in [0.1, 0.15) is 5.82 Å². The normalized spacial score (nSPS) is 24.2. The molecule has 2 unspecified atom stereocenters. The van der Waals surface area contributed by atoms with Crippen molar-refractivity contribution in [3.8, 4) is 0 Å². The number of benzene rings is 1. The van der Waals surface area contributed by atoms with Crippen molar-refractivity contribution in [2.24, 2.45) is 0 Å². The molecule has 0 aromatic heterocycles. The molecule has 114 valence electrons. The highest BCUT2D eigenvalue weighted by Crippen LogP contribution is 2.27. The molecule has 0 radical (unpaired) electrons. The van der Waals surface area contributed by atoms with Crippen LogP contribution in [0.25, 0.3) is 0 Å². The predicted molar refractivity (Wildman–Crippen MR) is 82.2 cm³/mol. The van der Waals surface area contributed by atoms with Gasteiger partial charge in [-0.05, 0) is 48.0 Å². The Hall–Kier alpha value is -0.210. The average molecular weight is 388 g/mol. The Labute approximate surface area is 133 Å². The molecule has 1 heterocycles. The summed E-state index contributed by atoms with van der Waals surface area (Å²) in [4.78, 5) is 0.106. The highest BCUT2D eigenvalue weighted by Gasteiger charge is 2.34. The van der Waals surface area contributed by atoms with Crippen LogP contribution in [0.2, 0.25) is 0 Å². The minimum atomic E-state index is -3.61. The van der Waals surface area contributed by atoms with E-state index < -0.39 is 15.8 Å². The number of piperazine rings is 1. The van der Waals surface area contributed by atoms with Crippen molar-refractivity contribution in [1.29, 1.82) is 0 Å². The standard InChI is InChI=1S/C12H16BrFN2O2S.ClH/c1-8-7-16(9(2)6-15-8)19(17,18)12-4-3-10(14)5-11(12)13;/h3-5,8-9,15H,6-7H2,1-2H3;1H. The van der Waals surface area contributed by atoms with E-state index in [0.29, 0.717) is 13.1 Å². The first kappa shape index (κ1) is 17.8. The molecule has 0 amide bonds. The van der Waals surface area contributed by atoms with Crippen molar-refractivity contribution in [2.75, 3.05) is 13.1 Å². The maximum atomic E-state index is 13.1. The van der Waals surface area contributed by atoms with Crippen LogP contribution in [0.15, 0.2) is 27.6 Å². The van der Waals surface area contributed by atoms with Gasteiger partial charge in [-0.15, -0.1) is 12.4 Å². The van der Waals surface area contributed by atoms with Gasteiger partial charge < -0.3 is 5.32 Å². The minimum absolute atomic E-state index is 0. The third kappa shape index (κ3) is 3.51. The largest absolute Gasteiger partial charge is 0.311 e. The van der Waals surface area contributed by atoms with Crippen molar-refractivity contribution < 1.29 is 12.8 Å². The molecule has 20 heavy (non-hydrogen) atoms. The lowest BCUT2D eigenvalue weighted by molar-refractivity contribution is 0.244. The summed E-state index contributed by atoms with van der Waals surface area (Å²) in [5.41, 5.74) is 0. The highest BCUT2D eigenvalue weighted by molar-refractivity contribution is 9.10. The molecule has 8 heteroatoms. The fourth-order valence-electron chi connectivity index (χ4n) is 2.13.